The number of nitriles is 1. The number of rotatable bonds is 8. The minimum Gasteiger partial charge on any atom is -0.452 e. The molecule has 2 N–H and O–H groups in total. The monoisotopic (exact) mass is 411 g/mol. The molecule has 7 nitrogen and oxygen atoms in total. The van der Waals surface area contributed by atoms with E-state index in [1.165, 1.54) is 11.8 Å². The van der Waals surface area contributed by atoms with E-state index in [2.05, 4.69) is 16.7 Å². The summed E-state index contributed by atoms with van der Waals surface area (Å²) in [5.74, 6) is -0.736. The van der Waals surface area contributed by atoms with Crippen LogP contribution in [-0.2, 0) is 15.3 Å². The Balaban J connectivity index is 1.91. The van der Waals surface area contributed by atoms with Crippen LogP contribution in [-0.4, -0.2) is 31.1 Å². The summed E-state index contributed by atoms with van der Waals surface area (Å²) in [5, 5.41) is 13.4. The van der Waals surface area contributed by atoms with Gasteiger partial charge in [-0.2, -0.15) is 5.26 Å². The third-order valence-corrected chi connectivity index (χ3v) is 4.85. The zero-order valence-electron chi connectivity index (χ0n) is 15.9. The number of ether oxygens (including phenoxy) is 1. The second-order valence-corrected chi connectivity index (χ2v) is 6.99. The van der Waals surface area contributed by atoms with E-state index in [1.54, 1.807) is 30.3 Å². The van der Waals surface area contributed by atoms with Crippen molar-refractivity contribution < 1.29 is 19.1 Å². The third-order valence-electron chi connectivity index (χ3n) is 3.71. The SMILES string of the molecule is CCCNC(=O)NC(=O)COC(=O)c1ccccc1SCc1ccc(C#N)cc1. The van der Waals surface area contributed by atoms with Crippen LogP contribution in [0.15, 0.2) is 53.4 Å². The number of nitrogens with one attached hydrogen (secondary N) is 2. The summed E-state index contributed by atoms with van der Waals surface area (Å²) in [6, 6.07) is 15.6. The minimum absolute atomic E-state index is 0.342. The summed E-state index contributed by atoms with van der Waals surface area (Å²) in [4.78, 5) is 36.2. The maximum atomic E-state index is 12.4. The van der Waals surface area contributed by atoms with Crippen LogP contribution in [0.4, 0.5) is 4.79 Å². The van der Waals surface area contributed by atoms with Gasteiger partial charge in [0.15, 0.2) is 6.61 Å². The molecule has 0 heterocycles. The van der Waals surface area contributed by atoms with Crippen LogP contribution in [0.1, 0.15) is 34.8 Å². The number of hydrogen-bond acceptors (Lipinski definition) is 6. The summed E-state index contributed by atoms with van der Waals surface area (Å²) in [5.41, 5.74) is 1.94. The first-order valence-corrected chi connectivity index (χ1v) is 9.97. The van der Waals surface area contributed by atoms with E-state index in [0.29, 0.717) is 28.3 Å². The average Bonchev–Trinajstić information content (AvgIpc) is 2.75. The van der Waals surface area contributed by atoms with E-state index in [4.69, 9.17) is 10.00 Å². The third kappa shape index (κ3) is 7.31. The topological polar surface area (TPSA) is 108 Å². The van der Waals surface area contributed by atoms with Gasteiger partial charge in [0.05, 0.1) is 17.2 Å². The van der Waals surface area contributed by atoms with Crippen LogP contribution in [0.5, 0.6) is 0 Å². The van der Waals surface area contributed by atoms with Crippen molar-refractivity contribution in [3.05, 3.63) is 65.2 Å². The molecule has 0 saturated heterocycles. The molecule has 0 aliphatic rings. The van der Waals surface area contributed by atoms with Gasteiger partial charge in [0.1, 0.15) is 0 Å². The van der Waals surface area contributed by atoms with Crippen molar-refractivity contribution in [3.63, 3.8) is 0 Å². The van der Waals surface area contributed by atoms with Gasteiger partial charge < -0.3 is 10.1 Å². The number of hydrogen-bond donors (Lipinski definition) is 2. The number of carbonyl (C=O) groups is 3. The second-order valence-electron chi connectivity index (χ2n) is 5.97. The lowest BCUT2D eigenvalue weighted by molar-refractivity contribution is -0.123. The van der Waals surface area contributed by atoms with Gasteiger partial charge >= 0.3 is 12.0 Å². The van der Waals surface area contributed by atoms with Crippen LogP contribution in [0.3, 0.4) is 0 Å². The van der Waals surface area contributed by atoms with Crippen molar-refractivity contribution in [2.75, 3.05) is 13.2 Å². The summed E-state index contributed by atoms with van der Waals surface area (Å²) in [7, 11) is 0. The molecule has 2 rings (SSSR count). The molecule has 3 amide bonds. The molecule has 2 aromatic rings. The van der Waals surface area contributed by atoms with E-state index in [9.17, 15) is 14.4 Å². The van der Waals surface area contributed by atoms with Gasteiger partial charge in [-0.3, -0.25) is 10.1 Å². The fourth-order valence-corrected chi connectivity index (χ4v) is 3.25. The molecular formula is C21H21N3O4S. The molecule has 0 spiro atoms. The number of benzene rings is 2. The number of esters is 1. The van der Waals surface area contributed by atoms with Crippen molar-refractivity contribution >= 4 is 29.7 Å². The standard InChI is InChI=1S/C21H21N3O4S/c1-2-11-23-21(27)24-19(25)13-28-20(26)17-5-3-4-6-18(17)29-14-16-9-7-15(12-22)8-10-16/h3-10H,2,11,13-14H2,1H3,(H2,23,24,25,27). The zero-order chi connectivity index (χ0) is 21.1. The lowest BCUT2D eigenvalue weighted by Crippen LogP contribution is -2.41. The van der Waals surface area contributed by atoms with Gasteiger partial charge in [-0.05, 0) is 36.2 Å². The molecule has 0 saturated carbocycles. The molecule has 0 aliphatic heterocycles. The van der Waals surface area contributed by atoms with Crippen molar-refractivity contribution in [2.24, 2.45) is 0 Å². The summed E-state index contributed by atoms with van der Waals surface area (Å²) < 4.78 is 5.04. The Bertz CT molecular complexity index is 907. The Morgan fingerprint density at radius 1 is 1.10 bits per heavy atom. The molecule has 29 heavy (non-hydrogen) atoms. The first-order chi connectivity index (χ1) is 14.0. The Labute approximate surface area is 173 Å². The van der Waals surface area contributed by atoms with Gasteiger partial charge in [-0.1, -0.05) is 31.2 Å². The quantitative estimate of drug-likeness (QED) is 0.510. The van der Waals surface area contributed by atoms with E-state index in [0.717, 1.165) is 12.0 Å². The number of carbonyl (C=O) groups excluding carboxylic acids is 3. The number of urea groups is 1. The summed E-state index contributed by atoms with van der Waals surface area (Å²) in [6.45, 7) is 1.79. The molecule has 0 aromatic heterocycles. The van der Waals surface area contributed by atoms with Crippen molar-refractivity contribution in [1.29, 1.82) is 5.26 Å². The van der Waals surface area contributed by atoms with Crippen LogP contribution < -0.4 is 10.6 Å². The summed E-state index contributed by atoms with van der Waals surface area (Å²) >= 11 is 1.45. The number of amides is 3. The van der Waals surface area contributed by atoms with Crippen molar-refractivity contribution in [3.8, 4) is 6.07 Å². The fourth-order valence-electron chi connectivity index (χ4n) is 2.25. The fraction of sp³-hybridized carbons (Fsp3) is 0.238. The van der Waals surface area contributed by atoms with Crippen LogP contribution in [0.2, 0.25) is 0 Å². The smallest absolute Gasteiger partial charge is 0.339 e. The van der Waals surface area contributed by atoms with Crippen LogP contribution in [0, 0.1) is 11.3 Å². The Morgan fingerprint density at radius 2 is 1.83 bits per heavy atom. The maximum Gasteiger partial charge on any atom is 0.339 e. The van der Waals surface area contributed by atoms with Crippen molar-refractivity contribution in [1.82, 2.24) is 10.6 Å². The van der Waals surface area contributed by atoms with E-state index in [1.807, 2.05) is 25.1 Å². The first-order valence-electron chi connectivity index (χ1n) is 8.99. The predicted molar refractivity (Wildman–Crippen MR) is 109 cm³/mol. The molecule has 0 atom stereocenters. The van der Waals surface area contributed by atoms with Crippen LogP contribution in [0.25, 0.3) is 0 Å². The van der Waals surface area contributed by atoms with Gasteiger partial charge in [-0.15, -0.1) is 11.8 Å². The van der Waals surface area contributed by atoms with Gasteiger partial charge in [0, 0.05) is 17.2 Å². The largest absolute Gasteiger partial charge is 0.452 e. The molecular weight excluding hydrogens is 390 g/mol. The van der Waals surface area contributed by atoms with E-state index in [-0.39, 0.29) is 0 Å². The normalized spacial score (nSPS) is 9.93. The molecule has 150 valence electrons. The number of nitrogens with zero attached hydrogens (tertiary/aromatic N) is 1. The van der Waals surface area contributed by atoms with Gasteiger partial charge in [0.25, 0.3) is 5.91 Å². The second kappa shape index (κ2) is 11.5. The van der Waals surface area contributed by atoms with Gasteiger partial charge in [-0.25, -0.2) is 9.59 Å². The lowest BCUT2D eigenvalue weighted by Gasteiger charge is -2.10. The highest BCUT2D eigenvalue weighted by atomic mass is 32.2. The Morgan fingerprint density at radius 3 is 2.52 bits per heavy atom. The highest BCUT2D eigenvalue weighted by molar-refractivity contribution is 7.98. The molecule has 0 bridgehead atoms. The Hall–Kier alpha value is -3.31. The number of thioether (sulfide) groups is 1. The molecule has 0 radical (unpaired) electrons. The molecule has 2 aromatic carbocycles. The van der Waals surface area contributed by atoms with E-state index < -0.39 is 24.5 Å². The molecule has 0 unspecified atom stereocenters. The Kier molecular flexibility index (Phi) is 8.73. The van der Waals surface area contributed by atoms with E-state index >= 15 is 0 Å². The molecule has 0 aliphatic carbocycles. The summed E-state index contributed by atoms with van der Waals surface area (Å²) in [6.07, 6.45) is 0.744. The molecule has 0 fully saturated rings. The lowest BCUT2D eigenvalue weighted by atomic mass is 10.2. The van der Waals surface area contributed by atoms with Crippen molar-refractivity contribution in [2.45, 2.75) is 24.0 Å². The average molecular weight is 411 g/mol. The predicted octanol–water partition coefficient (Wildman–Crippen LogP) is 3.24. The molecule has 8 heteroatoms. The van der Waals surface area contributed by atoms with Gasteiger partial charge in [0.2, 0.25) is 0 Å². The highest BCUT2D eigenvalue weighted by Crippen LogP contribution is 2.27. The highest BCUT2D eigenvalue weighted by Gasteiger charge is 2.15. The first kappa shape index (κ1) is 22.0. The zero-order valence-corrected chi connectivity index (χ0v) is 16.8. The maximum absolute atomic E-state index is 12.4. The number of imide groups is 1. The minimum atomic E-state index is -0.699. The van der Waals surface area contributed by atoms with Crippen LogP contribution >= 0.6 is 11.8 Å².